The summed E-state index contributed by atoms with van der Waals surface area (Å²) in [7, 11) is 0. The van der Waals surface area contributed by atoms with E-state index in [9.17, 15) is 14.8 Å². The molecule has 4 rings (SSSR count). The van der Waals surface area contributed by atoms with Gasteiger partial charge in [0, 0.05) is 29.2 Å². The highest BCUT2D eigenvalue weighted by atomic mass is 19.1. The highest BCUT2D eigenvalue weighted by Gasteiger charge is 2.21. The number of nitriles is 1. The first-order valence-electron chi connectivity index (χ1n) is 11.0. The Bertz CT molecular complexity index is 1250. The maximum atomic E-state index is 13.3. The zero-order valence-electron chi connectivity index (χ0n) is 18.8. The molecule has 4 heterocycles. The average molecular weight is 464 g/mol. The molecular weight excluding hydrogens is 437 g/mol. The van der Waals surface area contributed by atoms with Gasteiger partial charge in [0.25, 0.3) is 0 Å². The van der Waals surface area contributed by atoms with Gasteiger partial charge in [0.2, 0.25) is 0 Å². The molecule has 1 aliphatic rings. The van der Waals surface area contributed by atoms with Crippen LogP contribution in [0.5, 0.6) is 5.75 Å². The number of allylic oxidation sites excluding steroid dienone is 1. The molecule has 3 aromatic heterocycles. The maximum Gasteiger partial charge on any atom is 0.163 e. The van der Waals surface area contributed by atoms with Crippen molar-refractivity contribution >= 4 is 16.8 Å². The van der Waals surface area contributed by atoms with E-state index in [-0.39, 0.29) is 6.04 Å². The molecule has 0 radical (unpaired) electrons. The van der Waals surface area contributed by atoms with E-state index in [4.69, 9.17) is 15.5 Å². The number of aliphatic hydroxyl groups is 1. The summed E-state index contributed by atoms with van der Waals surface area (Å²) in [5, 5.41) is 27.1. The van der Waals surface area contributed by atoms with Gasteiger partial charge in [0.15, 0.2) is 6.10 Å². The van der Waals surface area contributed by atoms with Gasteiger partial charge in [0.1, 0.15) is 28.7 Å². The third kappa shape index (κ3) is 4.90. The Labute approximate surface area is 196 Å². The van der Waals surface area contributed by atoms with Crippen LogP contribution in [-0.4, -0.2) is 51.2 Å². The van der Waals surface area contributed by atoms with Crippen LogP contribution in [0.2, 0.25) is 0 Å². The van der Waals surface area contributed by atoms with Crippen molar-refractivity contribution in [3.63, 3.8) is 0 Å². The van der Waals surface area contributed by atoms with E-state index in [0.29, 0.717) is 33.7 Å². The molecule has 0 bridgehead atoms. The van der Waals surface area contributed by atoms with Crippen molar-refractivity contribution in [3.8, 4) is 11.8 Å². The van der Waals surface area contributed by atoms with Crippen molar-refractivity contribution in [2.24, 2.45) is 10.7 Å². The molecule has 1 fully saturated rings. The first kappa shape index (κ1) is 23.4. The second-order valence-corrected chi connectivity index (χ2v) is 8.02. The number of nitrogens with two attached hydrogens (primary N) is 1. The number of aliphatic imine (C=N–C) groups is 1. The Balaban J connectivity index is 1.75. The lowest BCUT2D eigenvalue weighted by Crippen LogP contribution is -2.30. The molecule has 4 N–H and O–H groups in total. The monoisotopic (exact) mass is 463 g/mol. The minimum Gasteiger partial charge on any atom is -0.479 e. The zero-order chi connectivity index (χ0) is 24.1. The summed E-state index contributed by atoms with van der Waals surface area (Å²) in [6.07, 6.45) is 6.78. The maximum absolute atomic E-state index is 13.3. The third-order valence-corrected chi connectivity index (χ3v) is 5.76. The van der Waals surface area contributed by atoms with E-state index in [1.807, 2.05) is 6.92 Å². The van der Waals surface area contributed by atoms with E-state index in [1.54, 1.807) is 12.3 Å². The fourth-order valence-corrected chi connectivity index (χ4v) is 4.03. The highest BCUT2D eigenvalue weighted by Crippen LogP contribution is 2.31. The zero-order valence-corrected chi connectivity index (χ0v) is 18.8. The quantitative estimate of drug-likeness (QED) is 0.458. The number of pyridine rings is 2. The van der Waals surface area contributed by atoms with E-state index < -0.39 is 18.5 Å². The predicted molar refractivity (Wildman–Crippen MR) is 126 cm³/mol. The van der Waals surface area contributed by atoms with Crippen molar-refractivity contribution in [1.82, 2.24) is 19.9 Å². The lowest BCUT2D eigenvalue weighted by Gasteiger charge is -2.21. The summed E-state index contributed by atoms with van der Waals surface area (Å²) in [4.78, 5) is 8.89. The van der Waals surface area contributed by atoms with Crippen LogP contribution in [0.1, 0.15) is 42.7 Å². The summed E-state index contributed by atoms with van der Waals surface area (Å²) in [5.41, 5.74) is 9.29. The molecule has 0 amide bonds. The van der Waals surface area contributed by atoms with Crippen LogP contribution in [-0.2, 0) is 0 Å². The Hall–Kier alpha value is -3.81. The lowest BCUT2D eigenvalue weighted by atomic mass is 10.0. The molecule has 1 saturated heterocycles. The van der Waals surface area contributed by atoms with Gasteiger partial charge in [0.05, 0.1) is 30.7 Å². The summed E-state index contributed by atoms with van der Waals surface area (Å²) >= 11 is 0. The normalized spacial score (nSPS) is 16.4. The summed E-state index contributed by atoms with van der Waals surface area (Å²) in [5.74, 6) is -0.181. The number of nitrogens with zero attached hydrogens (tertiary/aromatic N) is 5. The van der Waals surface area contributed by atoms with Crippen molar-refractivity contribution in [3.05, 3.63) is 65.6 Å². The number of hydrogen-bond acceptors (Lipinski definition) is 8. The van der Waals surface area contributed by atoms with Crippen molar-refractivity contribution in [2.45, 2.75) is 31.9 Å². The topological polar surface area (TPSA) is 134 Å². The van der Waals surface area contributed by atoms with E-state index >= 15 is 0 Å². The standard InChI is InChI=1S/C24H26FN7O2/c1-15(31-19-4-6-28-7-5-19)20(10-27)16-8-22(24-17(9-26)11-30-32(24)13-16)34-23(14-33)21-3-2-18(25)12-29-21/h2-3,8,10-13,19,23,28,33H,4-7,14,27H2,1H3/b20-10+,31-15?. The number of hydrogen-bond donors (Lipinski definition) is 3. The van der Waals surface area contributed by atoms with Crippen LogP contribution in [0.3, 0.4) is 0 Å². The Morgan fingerprint density at radius 1 is 1.44 bits per heavy atom. The van der Waals surface area contributed by atoms with Crippen molar-refractivity contribution < 1.29 is 14.2 Å². The van der Waals surface area contributed by atoms with E-state index in [0.717, 1.165) is 37.8 Å². The van der Waals surface area contributed by atoms with Crippen LogP contribution < -0.4 is 15.8 Å². The van der Waals surface area contributed by atoms with E-state index in [1.165, 1.54) is 29.0 Å². The molecule has 1 unspecified atom stereocenters. The van der Waals surface area contributed by atoms with Gasteiger partial charge in [-0.3, -0.25) is 9.98 Å². The molecule has 34 heavy (non-hydrogen) atoms. The molecule has 1 atom stereocenters. The second-order valence-electron chi connectivity index (χ2n) is 8.02. The summed E-state index contributed by atoms with van der Waals surface area (Å²) in [6, 6.07) is 6.76. The SMILES string of the molecule is CC(=NC1CCNCC1)/C(=C\N)c1cc(OC(CO)c2ccc(F)cn2)c2c(C#N)cnn2c1. The van der Waals surface area contributed by atoms with E-state index in [2.05, 4.69) is 21.5 Å². The fraction of sp³-hybridized carbons (Fsp3) is 0.333. The summed E-state index contributed by atoms with van der Waals surface area (Å²) in [6.45, 7) is 3.36. The molecule has 0 spiro atoms. The molecular formula is C24H26FN7O2. The third-order valence-electron chi connectivity index (χ3n) is 5.76. The largest absolute Gasteiger partial charge is 0.479 e. The molecule has 0 aromatic carbocycles. The van der Waals surface area contributed by atoms with Gasteiger partial charge < -0.3 is 20.9 Å². The van der Waals surface area contributed by atoms with Crippen LogP contribution in [0, 0.1) is 17.1 Å². The van der Waals surface area contributed by atoms with Crippen LogP contribution in [0.25, 0.3) is 11.1 Å². The van der Waals surface area contributed by atoms with Crippen LogP contribution in [0.4, 0.5) is 4.39 Å². The predicted octanol–water partition coefficient (Wildman–Crippen LogP) is 2.36. The number of ether oxygens (including phenoxy) is 1. The number of aromatic nitrogens is 3. The van der Waals surface area contributed by atoms with Gasteiger partial charge in [-0.25, -0.2) is 8.91 Å². The number of aliphatic hydroxyl groups excluding tert-OH is 1. The molecule has 0 saturated carbocycles. The Morgan fingerprint density at radius 2 is 2.24 bits per heavy atom. The fourth-order valence-electron chi connectivity index (χ4n) is 4.03. The number of fused-ring (bicyclic) bond motifs is 1. The number of halogens is 1. The van der Waals surface area contributed by atoms with Gasteiger partial charge in [-0.2, -0.15) is 10.4 Å². The highest BCUT2D eigenvalue weighted by molar-refractivity contribution is 6.22. The first-order valence-corrected chi connectivity index (χ1v) is 11.0. The molecule has 10 heteroatoms. The van der Waals surface area contributed by atoms with Crippen LogP contribution >= 0.6 is 0 Å². The molecule has 1 aliphatic heterocycles. The number of rotatable bonds is 7. The Kier molecular flexibility index (Phi) is 7.15. The van der Waals surface area contributed by atoms with Gasteiger partial charge in [-0.1, -0.05) is 0 Å². The number of piperidine rings is 1. The van der Waals surface area contributed by atoms with Gasteiger partial charge in [-0.15, -0.1) is 0 Å². The van der Waals surface area contributed by atoms with Crippen molar-refractivity contribution in [2.75, 3.05) is 19.7 Å². The second kappa shape index (κ2) is 10.4. The van der Waals surface area contributed by atoms with Crippen molar-refractivity contribution in [1.29, 1.82) is 5.26 Å². The molecule has 176 valence electrons. The summed E-state index contributed by atoms with van der Waals surface area (Å²) < 4.78 is 21.0. The average Bonchev–Trinajstić information content (AvgIpc) is 3.27. The Morgan fingerprint density at radius 3 is 2.88 bits per heavy atom. The minimum atomic E-state index is -0.879. The minimum absolute atomic E-state index is 0.217. The lowest BCUT2D eigenvalue weighted by molar-refractivity contribution is 0.114. The number of nitrogens with one attached hydrogen (secondary N) is 1. The molecule has 9 nitrogen and oxygen atoms in total. The first-order chi connectivity index (χ1) is 16.5. The van der Waals surface area contributed by atoms with Gasteiger partial charge >= 0.3 is 0 Å². The molecule has 3 aromatic rings. The smallest absolute Gasteiger partial charge is 0.163 e. The van der Waals surface area contributed by atoms with Crippen LogP contribution in [0.15, 0.2) is 48.0 Å². The molecule has 0 aliphatic carbocycles. The van der Waals surface area contributed by atoms with Gasteiger partial charge in [-0.05, 0) is 51.1 Å².